The van der Waals surface area contributed by atoms with E-state index in [4.69, 9.17) is 11.6 Å². The molecular weight excluding hydrogens is 279 g/mol. The number of aromatic nitrogens is 4. The Hall–Kier alpha value is -0.940. The van der Waals surface area contributed by atoms with Crippen molar-refractivity contribution < 1.29 is 0 Å². The van der Waals surface area contributed by atoms with E-state index < -0.39 is 0 Å². The van der Waals surface area contributed by atoms with Crippen molar-refractivity contribution in [3.8, 4) is 5.82 Å². The molecule has 2 aromatic heterocycles. The Morgan fingerprint density at radius 2 is 2.20 bits per heavy atom. The first-order valence-corrected chi connectivity index (χ1v) is 5.59. The number of halogens is 2. The molecule has 2 rings (SSSR count). The molecule has 0 atom stereocenters. The van der Waals surface area contributed by atoms with Crippen LogP contribution >= 0.6 is 27.5 Å². The predicted molar refractivity (Wildman–Crippen MR) is 61.2 cm³/mol. The number of rotatable bonds is 2. The van der Waals surface area contributed by atoms with Gasteiger partial charge in [0.2, 0.25) is 0 Å². The average Bonchev–Trinajstić information content (AvgIpc) is 2.70. The minimum absolute atomic E-state index is 0.399. The monoisotopic (exact) mass is 286 g/mol. The zero-order valence-electron chi connectivity index (χ0n) is 7.98. The first-order valence-electron chi connectivity index (χ1n) is 4.42. The summed E-state index contributed by atoms with van der Waals surface area (Å²) in [4.78, 5) is 12.3. The van der Waals surface area contributed by atoms with Crippen LogP contribution in [0.5, 0.6) is 0 Å². The third kappa shape index (κ3) is 1.89. The van der Waals surface area contributed by atoms with E-state index >= 15 is 0 Å². The highest BCUT2D eigenvalue weighted by molar-refractivity contribution is 9.10. The molecule has 0 saturated heterocycles. The van der Waals surface area contributed by atoms with Gasteiger partial charge in [0.15, 0.2) is 5.82 Å². The molecule has 78 valence electrons. The normalized spacial score (nSPS) is 10.6. The molecule has 0 aliphatic rings. The maximum Gasteiger partial charge on any atom is 0.157 e. The lowest BCUT2D eigenvalue weighted by Crippen LogP contribution is -2.03. The van der Waals surface area contributed by atoms with Gasteiger partial charge in [-0.05, 0) is 15.9 Å². The Morgan fingerprint density at radius 1 is 1.40 bits per heavy atom. The van der Waals surface area contributed by atoms with Gasteiger partial charge in [-0.25, -0.2) is 15.0 Å². The van der Waals surface area contributed by atoms with E-state index in [0.717, 1.165) is 12.2 Å². The lowest BCUT2D eigenvalue weighted by Gasteiger charge is -2.07. The van der Waals surface area contributed by atoms with Gasteiger partial charge in [-0.2, -0.15) is 0 Å². The van der Waals surface area contributed by atoms with Crippen molar-refractivity contribution in [3.05, 3.63) is 34.2 Å². The molecule has 2 heterocycles. The van der Waals surface area contributed by atoms with Gasteiger partial charge in [-0.3, -0.25) is 4.57 Å². The van der Waals surface area contributed by atoms with Gasteiger partial charge in [0.1, 0.15) is 17.3 Å². The molecule has 0 radical (unpaired) electrons. The first-order chi connectivity index (χ1) is 7.24. The van der Waals surface area contributed by atoms with E-state index in [1.165, 1.54) is 6.33 Å². The van der Waals surface area contributed by atoms with Gasteiger partial charge < -0.3 is 0 Å². The Labute approximate surface area is 100 Å². The molecule has 6 heteroatoms. The van der Waals surface area contributed by atoms with Gasteiger partial charge in [0.25, 0.3) is 0 Å². The van der Waals surface area contributed by atoms with Crippen molar-refractivity contribution in [1.29, 1.82) is 0 Å². The Bertz CT molecular complexity index is 483. The average molecular weight is 288 g/mol. The third-order valence-electron chi connectivity index (χ3n) is 1.99. The smallest absolute Gasteiger partial charge is 0.157 e. The minimum Gasteiger partial charge on any atom is -0.287 e. The third-order valence-corrected chi connectivity index (χ3v) is 3.24. The molecule has 0 aromatic carbocycles. The van der Waals surface area contributed by atoms with Crippen LogP contribution in [-0.2, 0) is 6.42 Å². The van der Waals surface area contributed by atoms with Crippen LogP contribution in [-0.4, -0.2) is 19.5 Å². The fraction of sp³-hybridized carbons (Fsp3) is 0.222. The molecule has 0 saturated carbocycles. The second-order valence-corrected chi connectivity index (χ2v) is 4.02. The summed E-state index contributed by atoms with van der Waals surface area (Å²) in [6.07, 6.45) is 5.85. The van der Waals surface area contributed by atoms with E-state index in [1.54, 1.807) is 6.20 Å². The van der Waals surface area contributed by atoms with Crippen LogP contribution in [0, 0.1) is 0 Å². The number of imidazole rings is 1. The molecule has 4 nitrogen and oxygen atoms in total. The largest absolute Gasteiger partial charge is 0.287 e. The van der Waals surface area contributed by atoms with Crippen molar-refractivity contribution in [3.63, 3.8) is 0 Å². The fourth-order valence-corrected chi connectivity index (χ4v) is 1.82. The molecule has 0 fully saturated rings. The van der Waals surface area contributed by atoms with Crippen LogP contribution in [0.1, 0.15) is 12.7 Å². The summed E-state index contributed by atoms with van der Waals surface area (Å²) < 4.78 is 2.57. The standard InChI is InChI=1S/C9H8BrClN4/c1-2-6-12-3-4-15(6)9-7(10)8(11)13-5-14-9/h3-5H,2H2,1H3. The van der Waals surface area contributed by atoms with Crippen LogP contribution < -0.4 is 0 Å². The maximum absolute atomic E-state index is 5.89. The highest BCUT2D eigenvalue weighted by Gasteiger charge is 2.11. The maximum atomic E-state index is 5.89. The highest BCUT2D eigenvalue weighted by atomic mass is 79.9. The molecule has 0 amide bonds. The molecule has 0 N–H and O–H groups in total. The second kappa shape index (κ2) is 4.28. The van der Waals surface area contributed by atoms with Crippen LogP contribution in [0.15, 0.2) is 23.2 Å². The Kier molecular flexibility index (Phi) is 3.02. The van der Waals surface area contributed by atoms with Crippen LogP contribution in [0.4, 0.5) is 0 Å². The summed E-state index contributed by atoms with van der Waals surface area (Å²) in [5.41, 5.74) is 0. The van der Waals surface area contributed by atoms with Gasteiger partial charge in [0, 0.05) is 18.8 Å². The van der Waals surface area contributed by atoms with Gasteiger partial charge in [-0.1, -0.05) is 18.5 Å². The second-order valence-electron chi connectivity index (χ2n) is 2.87. The van der Waals surface area contributed by atoms with Crippen molar-refractivity contribution in [2.45, 2.75) is 13.3 Å². The van der Waals surface area contributed by atoms with E-state index in [1.807, 2.05) is 17.7 Å². The van der Waals surface area contributed by atoms with Crippen LogP contribution in [0.3, 0.4) is 0 Å². The Morgan fingerprint density at radius 3 is 2.93 bits per heavy atom. The van der Waals surface area contributed by atoms with E-state index in [0.29, 0.717) is 15.4 Å². The number of aryl methyl sites for hydroxylation is 1. The summed E-state index contributed by atoms with van der Waals surface area (Å²) in [7, 11) is 0. The van der Waals surface area contributed by atoms with Gasteiger partial charge in [0.05, 0.1) is 4.47 Å². The van der Waals surface area contributed by atoms with E-state index in [9.17, 15) is 0 Å². The first kappa shape index (κ1) is 10.6. The highest BCUT2D eigenvalue weighted by Crippen LogP contribution is 2.25. The van der Waals surface area contributed by atoms with Gasteiger partial charge >= 0.3 is 0 Å². The SMILES string of the molecule is CCc1nccn1-c1ncnc(Cl)c1Br. The number of hydrogen-bond acceptors (Lipinski definition) is 3. The molecule has 0 aliphatic carbocycles. The summed E-state index contributed by atoms with van der Waals surface area (Å²) in [5.74, 6) is 1.65. The number of hydrogen-bond donors (Lipinski definition) is 0. The Balaban J connectivity index is 2.59. The quantitative estimate of drug-likeness (QED) is 0.798. The van der Waals surface area contributed by atoms with Crippen LogP contribution in [0.25, 0.3) is 5.82 Å². The summed E-state index contributed by atoms with van der Waals surface area (Å²) in [6, 6.07) is 0. The summed E-state index contributed by atoms with van der Waals surface area (Å²) >= 11 is 9.25. The summed E-state index contributed by atoms with van der Waals surface area (Å²) in [6.45, 7) is 2.04. The lowest BCUT2D eigenvalue weighted by atomic mass is 10.4. The fourth-order valence-electron chi connectivity index (χ4n) is 1.30. The van der Waals surface area contributed by atoms with Crippen molar-refractivity contribution in [2.24, 2.45) is 0 Å². The lowest BCUT2D eigenvalue weighted by molar-refractivity contribution is 0.856. The van der Waals surface area contributed by atoms with Crippen LogP contribution in [0.2, 0.25) is 5.15 Å². The molecule has 0 spiro atoms. The van der Waals surface area contributed by atoms with Crippen molar-refractivity contribution in [1.82, 2.24) is 19.5 Å². The molecule has 0 aliphatic heterocycles. The predicted octanol–water partition coefficient (Wildman–Crippen LogP) is 2.64. The molecule has 15 heavy (non-hydrogen) atoms. The topological polar surface area (TPSA) is 43.6 Å². The zero-order valence-corrected chi connectivity index (χ0v) is 10.3. The number of nitrogens with zero attached hydrogens (tertiary/aromatic N) is 4. The summed E-state index contributed by atoms with van der Waals surface area (Å²) in [5, 5.41) is 0.399. The van der Waals surface area contributed by atoms with Gasteiger partial charge in [-0.15, -0.1) is 0 Å². The van der Waals surface area contributed by atoms with E-state index in [-0.39, 0.29) is 0 Å². The molecular formula is C9H8BrClN4. The van der Waals surface area contributed by atoms with Crippen molar-refractivity contribution in [2.75, 3.05) is 0 Å². The minimum atomic E-state index is 0.399. The van der Waals surface area contributed by atoms with Crippen molar-refractivity contribution >= 4 is 27.5 Å². The molecule has 0 unspecified atom stereocenters. The molecule has 0 bridgehead atoms. The van der Waals surface area contributed by atoms with E-state index in [2.05, 4.69) is 30.9 Å². The molecule has 2 aromatic rings. The zero-order chi connectivity index (χ0) is 10.8.